The molecule has 5 aromatic rings. The molecule has 0 atom stereocenters. The first-order valence-electron chi connectivity index (χ1n) is 11.9. The summed E-state index contributed by atoms with van der Waals surface area (Å²) in [5.41, 5.74) is 9.93. The zero-order valence-electron chi connectivity index (χ0n) is 20.3. The van der Waals surface area contributed by atoms with Crippen molar-refractivity contribution in [3.63, 3.8) is 0 Å². The van der Waals surface area contributed by atoms with Gasteiger partial charge in [-0.1, -0.05) is 66.7 Å². The summed E-state index contributed by atoms with van der Waals surface area (Å²) >= 11 is 0. The van der Waals surface area contributed by atoms with Crippen LogP contribution in [0.15, 0.2) is 103 Å². The van der Waals surface area contributed by atoms with Crippen molar-refractivity contribution in [2.75, 3.05) is 0 Å². The van der Waals surface area contributed by atoms with Crippen LogP contribution in [0.4, 0.5) is 0 Å². The first-order chi connectivity index (χ1) is 18.1. The van der Waals surface area contributed by atoms with Crippen LogP contribution in [0.2, 0.25) is 0 Å². The molecule has 0 aliphatic heterocycles. The van der Waals surface area contributed by atoms with Gasteiger partial charge in [0.1, 0.15) is 0 Å². The third kappa shape index (κ3) is 5.20. The molecule has 37 heavy (non-hydrogen) atoms. The lowest BCUT2D eigenvalue weighted by Crippen LogP contribution is -1.95. The monoisotopic (exact) mass is 474 g/mol. The van der Waals surface area contributed by atoms with Crippen molar-refractivity contribution < 1.29 is 0 Å². The SMILES string of the molecule is Cc1cc(-c2ncc(-c3ccc(C#N)cc3)cc2C=Cc2ccccc2)cnc1-c1ccc(C#N)cc1. The van der Waals surface area contributed by atoms with Gasteiger partial charge in [0.25, 0.3) is 0 Å². The standard InChI is InChI=1S/C33H22N4/c1-23-17-31(22-36-32(23)28-14-10-26(20-35)11-15-28)33-29(16-7-24-5-3-2-4-6-24)18-30(21-37-33)27-12-8-25(19-34)9-13-27/h2-18,21-22H,1H3. The summed E-state index contributed by atoms with van der Waals surface area (Å²) in [6, 6.07) is 33.7. The molecule has 0 aliphatic carbocycles. The lowest BCUT2D eigenvalue weighted by molar-refractivity contribution is 1.24. The Labute approximate surface area is 216 Å². The normalized spacial score (nSPS) is 10.7. The molecule has 2 aromatic heterocycles. The molecule has 5 rings (SSSR count). The van der Waals surface area contributed by atoms with E-state index in [0.717, 1.165) is 50.3 Å². The number of benzene rings is 3. The lowest BCUT2D eigenvalue weighted by Gasteiger charge is -2.12. The quantitative estimate of drug-likeness (QED) is 0.262. The minimum Gasteiger partial charge on any atom is -0.255 e. The molecule has 0 radical (unpaired) electrons. The smallest absolute Gasteiger partial charge is 0.0991 e. The van der Waals surface area contributed by atoms with E-state index in [1.807, 2.05) is 73.9 Å². The summed E-state index contributed by atoms with van der Waals surface area (Å²) < 4.78 is 0. The van der Waals surface area contributed by atoms with E-state index in [2.05, 4.69) is 48.6 Å². The second-order valence-corrected chi connectivity index (χ2v) is 8.67. The van der Waals surface area contributed by atoms with Gasteiger partial charge in [0.2, 0.25) is 0 Å². The van der Waals surface area contributed by atoms with E-state index in [4.69, 9.17) is 20.5 Å². The third-order valence-electron chi connectivity index (χ3n) is 6.16. The highest BCUT2D eigenvalue weighted by atomic mass is 14.7. The van der Waals surface area contributed by atoms with Crippen LogP contribution >= 0.6 is 0 Å². The van der Waals surface area contributed by atoms with E-state index in [1.54, 1.807) is 12.1 Å². The van der Waals surface area contributed by atoms with E-state index >= 15 is 0 Å². The fourth-order valence-electron chi connectivity index (χ4n) is 4.20. The predicted molar refractivity (Wildman–Crippen MR) is 148 cm³/mol. The Morgan fingerprint density at radius 2 is 1.19 bits per heavy atom. The Bertz CT molecular complexity index is 1670. The fourth-order valence-corrected chi connectivity index (χ4v) is 4.20. The van der Waals surface area contributed by atoms with Gasteiger partial charge in [0.15, 0.2) is 0 Å². The summed E-state index contributed by atoms with van der Waals surface area (Å²) in [5, 5.41) is 18.2. The van der Waals surface area contributed by atoms with Gasteiger partial charge in [-0.2, -0.15) is 10.5 Å². The summed E-state index contributed by atoms with van der Waals surface area (Å²) in [7, 11) is 0. The molecule has 0 aliphatic rings. The number of aryl methyl sites for hydroxylation is 1. The Morgan fingerprint density at radius 3 is 1.81 bits per heavy atom. The highest BCUT2D eigenvalue weighted by molar-refractivity contribution is 5.82. The number of rotatable bonds is 5. The molecule has 4 heteroatoms. The molecule has 3 aromatic carbocycles. The summed E-state index contributed by atoms with van der Waals surface area (Å²) in [6.07, 6.45) is 7.87. The summed E-state index contributed by atoms with van der Waals surface area (Å²) in [6.45, 7) is 2.04. The molecule has 0 spiro atoms. The minimum absolute atomic E-state index is 0.624. The molecule has 0 saturated carbocycles. The molecule has 0 N–H and O–H groups in total. The maximum atomic E-state index is 9.13. The van der Waals surface area contributed by atoms with Crippen LogP contribution in [-0.4, -0.2) is 9.97 Å². The van der Waals surface area contributed by atoms with Crippen molar-refractivity contribution in [1.82, 2.24) is 9.97 Å². The van der Waals surface area contributed by atoms with E-state index in [9.17, 15) is 0 Å². The van der Waals surface area contributed by atoms with Gasteiger partial charge in [-0.05, 0) is 60.0 Å². The van der Waals surface area contributed by atoms with Crippen LogP contribution in [0.1, 0.15) is 27.8 Å². The molecule has 2 heterocycles. The van der Waals surface area contributed by atoms with Crippen molar-refractivity contribution >= 4 is 12.2 Å². The molecule has 0 bridgehead atoms. The molecular formula is C33H22N4. The van der Waals surface area contributed by atoms with E-state index in [-0.39, 0.29) is 0 Å². The van der Waals surface area contributed by atoms with Gasteiger partial charge in [-0.3, -0.25) is 9.97 Å². The Kier molecular flexibility index (Phi) is 6.66. The topological polar surface area (TPSA) is 73.4 Å². The average Bonchev–Trinajstić information content (AvgIpc) is 2.96. The van der Waals surface area contributed by atoms with E-state index < -0.39 is 0 Å². The van der Waals surface area contributed by atoms with Gasteiger partial charge in [0.05, 0.1) is 34.7 Å². The summed E-state index contributed by atoms with van der Waals surface area (Å²) in [5.74, 6) is 0. The van der Waals surface area contributed by atoms with Crippen molar-refractivity contribution in [2.24, 2.45) is 0 Å². The largest absolute Gasteiger partial charge is 0.255 e. The molecule has 0 unspecified atom stereocenters. The average molecular weight is 475 g/mol. The number of hydrogen-bond acceptors (Lipinski definition) is 4. The first-order valence-corrected chi connectivity index (χ1v) is 11.9. The summed E-state index contributed by atoms with van der Waals surface area (Å²) in [4.78, 5) is 9.62. The second kappa shape index (κ2) is 10.5. The number of aromatic nitrogens is 2. The van der Waals surface area contributed by atoms with Crippen molar-refractivity contribution in [3.05, 3.63) is 131 Å². The van der Waals surface area contributed by atoms with Crippen LogP contribution < -0.4 is 0 Å². The van der Waals surface area contributed by atoms with Crippen LogP contribution in [0, 0.1) is 29.6 Å². The predicted octanol–water partition coefficient (Wildman–Crippen LogP) is 7.70. The Hall–Kier alpha value is -5.32. The van der Waals surface area contributed by atoms with Crippen molar-refractivity contribution in [2.45, 2.75) is 6.92 Å². The van der Waals surface area contributed by atoms with Crippen LogP contribution in [0.25, 0.3) is 45.8 Å². The molecule has 0 saturated heterocycles. The number of hydrogen-bond donors (Lipinski definition) is 0. The van der Waals surface area contributed by atoms with Gasteiger partial charge in [-0.15, -0.1) is 0 Å². The zero-order chi connectivity index (χ0) is 25.6. The highest BCUT2D eigenvalue weighted by Gasteiger charge is 2.12. The third-order valence-corrected chi connectivity index (χ3v) is 6.16. The van der Waals surface area contributed by atoms with Gasteiger partial charge in [-0.25, -0.2) is 0 Å². The molecule has 4 nitrogen and oxygen atoms in total. The maximum Gasteiger partial charge on any atom is 0.0991 e. The van der Waals surface area contributed by atoms with Crippen molar-refractivity contribution in [1.29, 1.82) is 10.5 Å². The first kappa shape index (κ1) is 23.4. The fraction of sp³-hybridized carbons (Fsp3) is 0.0303. The molecular weight excluding hydrogens is 452 g/mol. The van der Waals surface area contributed by atoms with Gasteiger partial charge < -0.3 is 0 Å². The van der Waals surface area contributed by atoms with E-state index in [1.165, 1.54) is 0 Å². The molecule has 174 valence electrons. The number of pyridine rings is 2. The minimum atomic E-state index is 0.624. The van der Waals surface area contributed by atoms with Gasteiger partial charge >= 0.3 is 0 Å². The van der Waals surface area contributed by atoms with E-state index in [0.29, 0.717) is 11.1 Å². The maximum absolute atomic E-state index is 9.13. The Morgan fingerprint density at radius 1 is 0.595 bits per heavy atom. The van der Waals surface area contributed by atoms with Crippen LogP contribution in [0.5, 0.6) is 0 Å². The van der Waals surface area contributed by atoms with Crippen LogP contribution in [-0.2, 0) is 0 Å². The lowest BCUT2D eigenvalue weighted by atomic mass is 9.98. The second-order valence-electron chi connectivity index (χ2n) is 8.67. The van der Waals surface area contributed by atoms with Crippen LogP contribution in [0.3, 0.4) is 0 Å². The van der Waals surface area contributed by atoms with Crippen molar-refractivity contribution in [3.8, 4) is 45.8 Å². The molecule has 0 amide bonds. The highest BCUT2D eigenvalue weighted by Crippen LogP contribution is 2.31. The Balaban J connectivity index is 1.56. The number of nitriles is 2. The van der Waals surface area contributed by atoms with Gasteiger partial charge in [0, 0.05) is 34.6 Å². The molecule has 0 fully saturated rings. The zero-order valence-corrected chi connectivity index (χ0v) is 20.3. The number of nitrogens with zero attached hydrogens (tertiary/aromatic N) is 4.